The molecule has 0 radical (unpaired) electrons. The summed E-state index contributed by atoms with van der Waals surface area (Å²) >= 11 is 0. The first kappa shape index (κ1) is 25.1. The highest BCUT2D eigenvalue weighted by Gasteiger charge is 2.34. The summed E-state index contributed by atoms with van der Waals surface area (Å²) < 4.78 is 66.5. The molecule has 1 N–H and O–H groups in total. The molecule has 0 aliphatic heterocycles. The number of sulfonamides is 1. The molecule has 180 valence electrons. The quantitative estimate of drug-likeness (QED) is 0.568. The second kappa shape index (κ2) is 9.39. The van der Waals surface area contributed by atoms with E-state index in [1.165, 1.54) is 63.5 Å². The number of rotatable bonds is 6. The van der Waals surface area contributed by atoms with Crippen molar-refractivity contribution in [2.75, 3.05) is 14.1 Å². The topological polar surface area (TPSA) is 101 Å². The average molecular weight is 494 g/mol. The lowest BCUT2D eigenvalue weighted by molar-refractivity contribution is -0.137. The van der Waals surface area contributed by atoms with E-state index in [0.717, 1.165) is 21.1 Å². The zero-order chi connectivity index (χ0) is 25.3. The first-order chi connectivity index (χ1) is 15.8. The fraction of sp³-hybridized carbons (Fsp3) is 0.227. The van der Waals surface area contributed by atoms with Crippen LogP contribution in [0.5, 0.6) is 0 Å². The second-order valence-corrected chi connectivity index (χ2v) is 9.69. The largest absolute Gasteiger partial charge is 0.418 e. The van der Waals surface area contributed by atoms with E-state index >= 15 is 0 Å². The molecule has 0 bridgehead atoms. The molecule has 3 rings (SSSR count). The van der Waals surface area contributed by atoms with Crippen molar-refractivity contribution in [2.24, 2.45) is 0 Å². The number of alkyl halides is 3. The summed E-state index contributed by atoms with van der Waals surface area (Å²) in [5.41, 5.74) is -1.94. The van der Waals surface area contributed by atoms with E-state index in [1.807, 2.05) is 0 Å². The van der Waals surface area contributed by atoms with Crippen LogP contribution in [-0.2, 0) is 22.7 Å². The van der Waals surface area contributed by atoms with Gasteiger partial charge in [0.15, 0.2) is 5.69 Å². The van der Waals surface area contributed by atoms with Crippen LogP contribution in [0.1, 0.15) is 27.3 Å². The zero-order valence-corrected chi connectivity index (χ0v) is 19.2. The molecule has 0 spiro atoms. The van der Waals surface area contributed by atoms with Crippen LogP contribution in [-0.4, -0.2) is 42.5 Å². The molecule has 0 atom stereocenters. The highest BCUT2D eigenvalue weighted by atomic mass is 32.2. The van der Waals surface area contributed by atoms with Crippen molar-refractivity contribution in [1.82, 2.24) is 19.4 Å². The molecule has 0 aliphatic rings. The predicted octanol–water partition coefficient (Wildman–Crippen LogP) is 2.74. The Labute approximate surface area is 193 Å². The Morgan fingerprint density at radius 3 is 2.29 bits per heavy atom. The van der Waals surface area contributed by atoms with Gasteiger partial charge in [0.05, 0.1) is 16.1 Å². The minimum Gasteiger partial charge on any atom is -0.346 e. The standard InChI is InChI=1S/C22H21F3N4O4S/c1-14-12-19(30)20(27-29(14)18-7-5-4-6-17(18)22(23,24)25)21(31)26-13-15-8-10-16(11-9-15)34(32,33)28(2)3/h4-12H,13H2,1-3H3,(H,26,31). The molecular formula is C22H21F3N4O4S. The number of nitrogens with zero attached hydrogens (tertiary/aromatic N) is 3. The van der Waals surface area contributed by atoms with Crippen molar-refractivity contribution in [3.8, 4) is 5.69 Å². The van der Waals surface area contributed by atoms with E-state index in [1.54, 1.807) is 0 Å². The first-order valence-electron chi connectivity index (χ1n) is 9.89. The third kappa shape index (κ3) is 5.18. The zero-order valence-electron chi connectivity index (χ0n) is 18.4. The number of hydrogen-bond donors (Lipinski definition) is 1. The summed E-state index contributed by atoms with van der Waals surface area (Å²) in [6.07, 6.45) is -4.66. The van der Waals surface area contributed by atoms with E-state index in [-0.39, 0.29) is 22.8 Å². The SMILES string of the molecule is Cc1cc(=O)c(C(=O)NCc2ccc(S(=O)(=O)N(C)C)cc2)nn1-c1ccccc1C(F)(F)F. The average Bonchev–Trinajstić information content (AvgIpc) is 2.77. The Morgan fingerprint density at radius 1 is 1.09 bits per heavy atom. The lowest BCUT2D eigenvalue weighted by Crippen LogP contribution is -2.32. The van der Waals surface area contributed by atoms with Crippen molar-refractivity contribution >= 4 is 15.9 Å². The van der Waals surface area contributed by atoms with Gasteiger partial charge >= 0.3 is 6.18 Å². The Morgan fingerprint density at radius 2 is 1.71 bits per heavy atom. The van der Waals surface area contributed by atoms with Crippen LogP contribution >= 0.6 is 0 Å². The van der Waals surface area contributed by atoms with Gasteiger partial charge in [0.2, 0.25) is 15.5 Å². The van der Waals surface area contributed by atoms with Crippen molar-refractivity contribution in [3.05, 3.63) is 87.3 Å². The monoisotopic (exact) mass is 494 g/mol. The van der Waals surface area contributed by atoms with Gasteiger partial charge in [0, 0.05) is 32.4 Å². The number of carbonyl (C=O) groups excluding carboxylic acids is 1. The molecule has 1 heterocycles. The molecule has 34 heavy (non-hydrogen) atoms. The first-order valence-corrected chi connectivity index (χ1v) is 11.3. The van der Waals surface area contributed by atoms with Crippen LogP contribution in [0.25, 0.3) is 5.69 Å². The number of benzene rings is 2. The summed E-state index contributed by atoms with van der Waals surface area (Å²) in [4.78, 5) is 25.0. The predicted molar refractivity (Wildman–Crippen MR) is 118 cm³/mol. The molecular weight excluding hydrogens is 473 g/mol. The maximum Gasteiger partial charge on any atom is 0.418 e. The lowest BCUT2D eigenvalue weighted by Gasteiger charge is -2.16. The number of carbonyl (C=O) groups is 1. The van der Waals surface area contributed by atoms with Gasteiger partial charge in [0.1, 0.15) is 0 Å². The smallest absolute Gasteiger partial charge is 0.346 e. The van der Waals surface area contributed by atoms with Gasteiger partial charge in [-0.15, -0.1) is 0 Å². The minimum atomic E-state index is -4.66. The number of halogens is 3. The van der Waals surface area contributed by atoms with Crippen molar-refractivity contribution in [1.29, 1.82) is 0 Å². The van der Waals surface area contributed by atoms with Gasteiger partial charge in [-0.3, -0.25) is 9.59 Å². The number of aromatic nitrogens is 2. The summed E-state index contributed by atoms with van der Waals surface area (Å²) in [7, 11) is -0.810. The van der Waals surface area contributed by atoms with Gasteiger partial charge in [-0.05, 0) is 36.8 Å². The molecule has 0 fully saturated rings. The second-order valence-electron chi connectivity index (χ2n) is 7.54. The van der Waals surface area contributed by atoms with Gasteiger partial charge in [0.25, 0.3) is 5.91 Å². The van der Waals surface area contributed by atoms with Crippen molar-refractivity contribution in [2.45, 2.75) is 24.5 Å². The van der Waals surface area contributed by atoms with Crippen LogP contribution in [0, 0.1) is 6.92 Å². The summed E-state index contributed by atoms with van der Waals surface area (Å²) in [6.45, 7) is 1.35. The summed E-state index contributed by atoms with van der Waals surface area (Å²) in [5, 5.41) is 6.38. The van der Waals surface area contributed by atoms with Crippen LogP contribution in [0.2, 0.25) is 0 Å². The van der Waals surface area contributed by atoms with E-state index in [4.69, 9.17) is 0 Å². The fourth-order valence-corrected chi connectivity index (χ4v) is 4.00. The molecule has 0 saturated carbocycles. The third-order valence-electron chi connectivity index (χ3n) is 4.92. The van der Waals surface area contributed by atoms with Crippen LogP contribution in [0.4, 0.5) is 13.2 Å². The van der Waals surface area contributed by atoms with Crippen molar-refractivity contribution in [3.63, 3.8) is 0 Å². The Hall–Kier alpha value is -3.51. The highest BCUT2D eigenvalue weighted by Crippen LogP contribution is 2.33. The Balaban J connectivity index is 1.87. The summed E-state index contributed by atoms with van der Waals surface area (Å²) in [5.74, 6) is -0.881. The normalized spacial score (nSPS) is 12.1. The molecule has 0 unspecified atom stereocenters. The molecule has 8 nitrogen and oxygen atoms in total. The number of amides is 1. The summed E-state index contributed by atoms with van der Waals surface area (Å²) in [6, 6.07) is 11.5. The van der Waals surface area contributed by atoms with Crippen molar-refractivity contribution < 1.29 is 26.4 Å². The molecule has 1 aromatic heterocycles. The minimum absolute atomic E-state index is 0.0603. The number of hydrogen-bond acceptors (Lipinski definition) is 5. The lowest BCUT2D eigenvalue weighted by atomic mass is 10.1. The Kier molecular flexibility index (Phi) is 6.94. The van der Waals surface area contributed by atoms with Crippen LogP contribution in [0.3, 0.4) is 0 Å². The van der Waals surface area contributed by atoms with Gasteiger partial charge in [-0.1, -0.05) is 24.3 Å². The fourth-order valence-electron chi connectivity index (χ4n) is 3.10. The molecule has 0 aliphatic carbocycles. The van der Waals surface area contributed by atoms with E-state index in [0.29, 0.717) is 5.56 Å². The molecule has 1 amide bonds. The maximum atomic E-state index is 13.4. The molecule has 3 aromatic rings. The van der Waals surface area contributed by atoms with Crippen LogP contribution in [0.15, 0.2) is 64.3 Å². The van der Waals surface area contributed by atoms with Gasteiger partial charge in [-0.2, -0.15) is 18.3 Å². The van der Waals surface area contributed by atoms with Gasteiger partial charge in [-0.25, -0.2) is 17.4 Å². The molecule has 12 heteroatoms. The van der Waals surface area contributed by atoms with E-state index in [9.17, 15) is 31.2 Å². The maximum absolute atomic E-state index is 13.4. The molecule has 2 aromatic carbocycles. The number of aryl methyl sites for hydroxylation is 1. The van der Waals surface area contributed by atoms with Crippen LogP contribution < -0.4 is 10.7 Å². The Bertz CT molecular complexity index is 1380. The number of para-hydroxylation sites is 1. The van der Waals surface area contributed by atoms with E-state index in [2.05, 4.69) is 10.4 Å². The highest BCUT2D eigenvalue weighted by molar-refractivity contribution is 7.89. The van der Waals surface area contributed by atoms with E-state index < -0.39 is 38.8 Å². The molecule has 0 saturated heterocycles. The third-order valence-corrected chi connectivity index (χ3v) is 6.74. The van der Waals surface area contributed by atoms with Gasteiger partial charge < -0.3 is 5.32 Å². The number of nitrogens with one attached hydrogen (secondary N) is 1.